The monoisotopic (exact) mass is 226 g/mol. The molecule has 0 amide bonds. The van der Waals surface area contributed by atoms with Gasteiger partial charge in [0, 0.05) is 14.2 Å². The number of hydrogen-bond donors (Lipinski definition) is 0. The van der Waals surface area contributed by atoms with Gasteiger partial charge in [0.1, 0.15) is 0 Å². The van der Waals surface area contributed by atoms with E-state index in [0.717, 1.165) is 0 Å². The lowest BCUT2D eigenvalue weighted by molar-refractivity contribution is -0.0866. The van der Waals surface area contributed by atoms with Gasteiger partial charge in [-0.05, 0) is 20.8 Å². The SMILES string of the molecule is CCOP(OC(C)OC)OC(C)OC. The summed E-state index contributed by atoms with van der Waals surface area (Å²) in [5.41, 5.74) is 0. The second-order valence-electron chi connectivity index (χ2n) is 2.46. The molecule has 0 N–H and O–H groups in total. The van der Waals surface area contributed by atoms with Crippen LogP contribution in [0.2, 0.25) is 0 Å². The molecule has 0 saturated carbocycles. The predicted molar refractivity (Wildman–Crippen MR) is 53.7 cm³/mol. The zero-order valence-electron chi connectivity index (χ0n) is 9.35. The van der Waals surface area contributed by atoms with Crippen LogP contribution in [0.5, 0.6) is 0 Å². The van der Waals surface area contributed by atoms with E-state index in [2.05, 4.69) is 0 Å². The Hall–Kier alpha value is 0.230. The molecule has 2 unspecified atom stereocenters. The largest absolute Gasteiger partial charge is 0.356 e. The summed E-state index contributed by atoms with van der Waals surface area (Å²) in [6.45, 7) is 5.94. The standard InChI is InChI=1S/C8H19O5P/c1-6-11-14(12-7(2)9-4)13-8(3)10-5/h7-8H,6H2,1-5H3. The Morgan fingerprint density at radius 3 is 1.71 bits per heavy atom. The molecule has 14 heavy (non-hydrogen) atoms. The molecule has 0 bridgehead atoms. The summed E-state index contributed by atoms with van der Waals surface area (Å²) in [7, 11) is 1.72. The maximum Gasteiger partial charge on any atom is 0.337 e. The molecule has 0 aliphatic carbocycles. The highest BCUT2D eigenvalue weighted by molar-refractivity contribution is 7.41. The van der Waals surface area contributed by atoms with Crippen LogP contribution in [-0.2, 0) is 23.0 Å². The van der Waals surface area contributed by atoms with Gasteiger partial charge in [-0.2, -0.15) is 0 Å². The fourth-order valence-corrected chi connectivity index (χ4v) is 1.56. The highest BCUT2D eigenvalue weighted by atomic mass is 31.2. The van der Waals surface area contributed by atoms with E-state index >= 15 is 0 Å². The first-order valence-electron chi connectivity index (χ1n) is 4.46. The van der Waals surface area contributed by atoms with Crippen LogP contribution in [0.3, 0.4) is 0 Å². The van der Waals surface area contributed by atoms with Gasteiger partial charge in [0.2, 0.25) is 0 Å². The molecule has 0 fully saturated rings. The lowest BCUT2D eigenvalue weighted by Crippen LogP contribution is -2.13. The molecular weight excluding hydrogens is 207 g/mol. The lowest BCUT2D eigenvalue weighted by Gasteiger charge is -2.21. The molecule has 2 atom stereocenters. The van der Waals surface area contributed by atoms with Crippen LogP contribution >= 0.6 is 8.60 Å². The number of rotatable bonds is 8. The van der Waals surface area contributed by atoms with Gasteiger partial charge in [-0.3, -0.25) is 9.05 Å². The molecule has 0 saturated heterocycles. The maximum absolute atomic E-state index is 5.33. The smallest absolute Gasteiger partial charge is 0.337 e. The molecule has 0 spiro atoms. The van der Waals surface area contributed by atoms with E-state index < -0.39 is 8.60 Å². The van der Waals surface area contributed by atoms with Gasteiger partial charge in [0.15, 0.2) is 12.6 Å². The van der Waals surface area contributed by atoms with Gasteiger partial charge < -0.3 is 14.0 Å². The molecule has 86 valence electrons. The van der Waals surface area contributed by atoms with Crippen LogP contribution in [0.1, 0.15) is 20.8 Å². The minimum atomic E-state index is -1.40. The van der Waals surface area contributed by atoms with Gasteiger partial charge in [0.05, 0.1) is 6.61 Å². The number of hydrogen-bond acceptors (Lipinski definition) is 5. The van der Waals surface area contributed by atoms with Gasteiger partial charge in [0.25, 0.3) is 0 Å². The molecule has 6 heteroatoms. The Morgan fingerprint density at radius 2 is 1.43 bits per heavy atom. The van der Waals surface area contributed by atoms with Crippen molar-refractivity contribution in [2.75, 3.05) is 20.8 Å². The van der Waals surface area contributed by atoms with Crippen molar-refractivity contribution in [3.63, 3.8) is 0 Å². The quantitative estimate of drug-likeness (QED) is 0.469. The van der Waals surface area contributed by atoms with Crippen molar-refractivity contribution in [1.82, 2.24) is 0 Å². The molecule has 0 aliphatic heterocycles. The molecule has 0 aromatic carbocycles. The van der Waals surface area contributed by atoms with Crippen molar-refractivity contribution in [1.29, 1.82) is 0 Å². The second kappa shape index (κ2) is 8.53. The van der Waals surface area contributed by atoms with Crippen molar-refractivity contribution in [2.24, 2.45) is 0 Å². The van der Waals surface area contributed by atoms with E-state index in [9.17, 15) is 0 Å². The van der Waals surface area contributed by atoms with Crippen molar-refractivity contribution in [2.45, 2.75) is 33.4 Å². The van der Waals surface area contributed by atoms with Crippen molar-refractivity contribution in [3.8, 4) is 0 Å². The Balaban J connectivity index is 3.88. The fraction of sp³-hybridized carbons (Fsp3) is 1.00. The molecule has 0 heterocycles. The van der Waals surface area contributed by atoms with Gasteiger partial charge in [-0.1, -0.05) is 0 Å². The Kier molecular flexibility index (Phi) is 8.67. The zero-order valence-corrected chi connectivity index (χ0v) is 10.2. The second-order valence-corrected chi connectivity index (χ2v) is 3.59. The first kappa shape index (κ1) is 14.2. The predicted octanol–water partition coefficient (Wildman–Crippen LogP) is 2.27. The van der Waals surface area contributed by atoms with Crippen LogP contribution < -0.4 is 0 Å². The van der Waals surface area contributed by atoms with E-state index in [-0.39, 0.29) is 12.6 Å². The Labute approximate surface area is 86.6 Å². The van der Waals surface area contributed by atoms with E-state index in [0.29, 0.717) is 6.61 Å². The van der Waals surface area contributed by atoms with Gasteiger partial charge >= 0.3 is 8.60 Å². The van der Waals surface area contributed by atoms with E-state index in [1.54, 1.807) is 28.1 Å². The molecule has 0 aromatic heterocycles. The molecule has 0 aromatic rings. The third kappa shape index (κ3) is 6.65. The highest BCUT2D eigenvalue weighted by Crippen LogP contribution is 2.42. The first-order chi connectivity index (χ1) is 6.63. The van der Waals surface area contributed by atoms with Crippen LogP contribution in [0.15, 0.2) is 0 Å². The molecule has 5 nitrogen and oxygen atoms in total. The zero-order chi connectivity index (χ0) is 11.0. The third-order valence-electron chi connectivity index (χ3n) is 1.37. The summed E-state index contributed by atoms with van der Waals surface area (Å²) >= 11 is 0. The Morgan fingerprint density at radius 1 is 1.00 bits per heavy atom. The topological polar surface area (TPSA) is 46.2 Å². The van der Waals surface area contributed by atoms with E-state index in [1.165, 1.54) is 0 Å². The van der Waals surface area contributed by atoms with Crippen molar-refractivity contribution >= 4 is 8.60 Å². The van der Waals surface area contributed by atoms with Gasteiger partial charge in [-0.15, -0.1) is 0 Å². The Bertz CT molecular complexity index is 123. The number of methoxy groups -OCH3 is 2. The average Bonchev–Trinajstić information content (AvgIpc) is 2.17. The van der Waals surface area contributed by atoms with Crippen LogP contribution in [-0.4, -0.2) is 33.4 Å². The van der Waals surface area contributed by atoms with Crippen LogP contribution in [0.4, 0.5) is 0 Å². The van der Waals surface area contributed by atoms with E-state index in [1.807, 2.05) is 6.92 Å². The minimum Gasteiger partial charge on any atom is -0.356 e. The van der Waals surface area contributed by atoms with Crippen LogP contribution in [0.25, 0.3) is 0 Å². The molecule has 0 aliphatic rings. The first-order valence-corrected chi connectivity index (χ1v) is 5.55. The highest BCUT2D eigenvalue weighted by Gasteiger charge is 2.18. The minimum absolute atomic E-state index is 0.350. The summed E-state index contributed by atoms with van der Waals surface area (Å²) < 4.78 is 25.8. The van der Waals surface area contributed by atoms with E-state index in [4.69, 9.17) is 23.0 Å². The van der Waals surface area contributed by atoms with Crippen molar-refractivity contribution < 1.29 is 23.0 Å². The summed E-state index contributed by atoms with van der Waals surface area (Å²) in [4.78, 5) is 0. The fourth-order valence-electron chi connectivity index (χ4n) is 0.520. The van der Waals surface area contributed by atoms with Crippen molar-refractivity contribution in [3.05, 3.63) is 0 Å². The summed E-state index contributed by atoms with van der Waals surface area (Å²) in [5.74, 6) is 0. The molecule has 0 rings (SSSR count). The number of ether oxygens (including phenoxy) is 2. The summed E-state index contributed by atoms with van der Waals surface area (Å²) in [5, 5.41) is 0. The van der Waals surface area contributed by atoms with Crippen LogP contribution in [0, 0.1) is 0 Å². The summed E-state index contributed by atoms with van der Waals surface area (Å²) in [6, 6.07) is 0. The normalized spacial score (nSPS) is 17.8. The van der Waals surface area contributed by atoms with Gasteiger partial charge in [-0.25, -0.2) is 0 Å². The summed E-state index contributed by atoms with van der Waals surface area (Å²) in [6.07, 6.45) is -0.701. The third-order valence-corrected chi connectivity index (χ3v) is 2.77. The maximum atomic E-state index is 5.33. The molecular formula is C8H19O5P. The average molecular weight is 226 g/mol. The molecule has 0 radical (unpaired) electrons. The lowest BCUT2D eigenvalue weighted by atomic mass is 10.8.